The zero-order valence-electron chi connectivity index (χ0n) is 18.6. The van der Waals surface area contributed by atoms with Crippen molar-refractivity contribution in [2.24, 2.45) is 0 Å². The highest BCUT2D eigenvalue weighted by Crippen LogP contribution is 2.49. The zero-order valence-corrected chi connectivity index (χ0v) is 20.1. The maximum Gasteiger partial charge on any atom is 0.400 e. The predicted molar refractivity (Wildman–Crippen MR) is 130 cm³/mol. The van der Waals surface area contributed by atoms with Crippen molar-refractivity contribution in [1.82, 2.24) is 10.3 Å². The molecule has 0 saturated carbocycles. The van der Waals surface area contributed by atoms with Crippen LogP contribution in [0.25, 0.3) is 0 Å². The average molecular weight is 539 g/mol. The fourth-order valence-electron chi connectivity index (χ4n) is 4.32. The third-order valence-corrected chi connectivity index (χ3v) is 6.61. The molecule has 12 heteroatoms. The number of alkyl halides is 3. The summed E-state index contributed by atoms with van der Waals surface area (Å²) in [6.45, 7) is -0.456. The van der Waals surface area contributed by atoms with Crippen LogP contribution in [0.1, 0.15) is 28.0 Å². The van der Waals surface area contributed by atoms with E-state index in [0.29, 0.717) is 5.69 Å². The van der Waals surface area contributed by atoms with E-state index in [1.54, 1.807) is 24.4 Å². The minimum Gasteiger partial charge on any atom is -0.370 e. The Kier molecular flexibility index (Phi) is 7.10. The predicted octanol–water partition coefficient (Wildman–Crippen LogP) is 5.94. The van der Waals surface area contributed by atoms with Crippen molar-refractivity contribution in [3.05, 3.63) is 97.8 Å². The average Bonchev–Trinajstić information content (AvgIpc) is 3.29. The van der Waals surface area contributed by atoms with Gasteiger partial charge in [0.05, 0.1) is 17.2 Å². The van der Waals surface area contributed by atoms with Gasteiger partial charge in [-0.1, -0.05) is 29.3 Å². The number of halogens is 5. The summed E-state index contributed by atoms with van der Waals surface area (Å²) in [7, 11) is 0. The quantitative estimate of drug-likeness (QED) is 0.310. The van der Waals surface area contributed by atoms with Gasteiger partial charge in [0.25, 0.3) is 11.6 Å². The van der Waals surface area contributed by atoms with E-state index in [0.717, 1.165) is 6.07 Å². The molecule has 1 amide bonds. The number of nitro benzene ring substituents is 1. The molecule has 4 rings (SSSR count). The fraction of sp³-hybridized carbons (Fsp3) is 0.250. The van der Waals surface area contributed by atoms with Crippen molar-refractivity contribution in [1.29, 1.82) is 0 Å². The molecule has 1 aromatic heterocycles. The van der Waals surface area contributed by atoms with Gasteiger partial charge >= 0.3 is 6.18 Å². The third kappa shape index (κ3) is 5.10. The number of rotatable bonds is 6. The zero-order chi connectivity index (χ0) is 26.1. The molecule has 1 saturated heterocycles. The number of nitrogens with zero attached hydrogens (tertiary/aromatic N) is 3. The minimum absolute atomic E-state index is 0.0218. The topological polar surface area (TPSA) is 88.4 Å². The standard InChI is InChI=1S/C24H19Cl2F3N4O3/c25-16-9-15(10-17(26)11-16)23(24(27,28)29)6-8-32(14-23)19-4-5-20(21(12-19)33(35)36)22(34)31-13-18-3-1-2-7-30-18/h1-5,7,9-12H,6,8,13-14H2,(H,31,34). The second kappa shape index (κ2) is 9.94. The monoisotopic (exact) mass is 538 g/mol. The molecule has 1 aliphatic heterocycles. The lowest BCUT2D eigenvalue weighted by molar-refractivity contribution is -0.385. The van der Waals surface area contributed by atoms with Crippen molar-refractivity contribution in [3.63, 3.8) is 0 Å². The van der Waals surface area contributed by atoms with E-state index in [1.165, 1.54) is 35.2 Å². The summed E-state index contributed by atoms with van der Waals surface area (Å²) in [5, 5.41) is 14.5. The van der Waals surface area contributed by atoms with Crippen molar-refractivity contribution >= 4 is 40.5 Å². The van der Waals surface area contributed by atoms with Gasteiger partial charge in [-0.15, -0.1) is 0 Å². The second-order valence-corrected chi connectivity index (χ2v) is 9.24. The van der Waals surface area contributed by atoms with Gasteiger partial charge in [-0.05, 0) is 54.4 Å². The Morgan fingerprint density at radius 2 is 1.86 bits per heavy atom. The van der Waals surface area contributed by atoms with Crippen LogP contribution in [0.3, 0.4) is 0 Å². The molecule has 0 spiro atoms. The molecule has 2 aromatic carbocycles. The number of carbonyl (C=O) groups is 1. The van der Waals surface area contributed by atoms with E-state index < -0.39 is 34.7 Å². The number of carbonyl (C=O) groups excluding carboxylic acids is 1. The maximum atomic E-state index is 14.4. The van der Waals surface area contributed by atoms with Crippen LogP contribution in [0.4, 0.5) is 24.5 Å². The van der Waals surface area contributed by atoms with Gasteiger partial charge in [-0.3, -0.25) is 19.9 Å². The molecule has 1 N–H and O–H groups in total. The number of amides is 1. The van der Waals surface area contributed by atoms with Gasteiger partial charge in [-0.25, -0.2) is 0 Å². The second-order valence-electron chi connectivity index (χ2n) is 8.37. The number of nitrogens with one attached hydrogen (secondary N) is 1. The molecule has 36 heavy (non-hydrogen) atoms. The lowest BCUT2D eigenvalue weighted by atomic mass is 9.79. The first kappa shape index (κ1) is 25.7. The van der Waals surface area contributed by atoms with Gasteiger partial charge in [0, 0.05) is 41.1 Å². The largest absolute Gasteiger partial charge is 0.400 e. The molecule has 1 aliphatic rings. The molecule has 1 atom stereocenters. The summed E-state index contributed by atoms with van der Waals surface area (Å²) >= 11 is 12.0. The normalized spacial score (nSPS) is 17.8. The van der Waals surface area contributed by atoms with E-state index in [9.17, 15) is 28.1 Å². The van der Waals surface area contributed by atoms with Crippen LogP contribution in [0.2, 0.25) is 10.0 Å². The number of pyridine rings is 1. The van der Waals surface area contributed by atoms with Crippen LogP contribution in [-0.2, 0) is 12.0 Å². The fourth-order valence-corrected chi connectivity index (χ4v) is 4.85. The highest BCUT2D eigenvalue weighted by molar-refractivity contribution is 6.34. The van der Waals surface area contributed by atoms with Gasteiger partial charge in [0.2, 0.25) is 0 Å². The van der Waals surface area contributed by atoms with Gasteiger partial charge in [0.1, 0.15) is 11.0 Å². The Morgan fingerprint density at radius 1 is 1.14 bits per heavy atom. The Hall–Kier alpha value is -3.37. The van der Waals surface area contributed by atoms with Crippen molar-refractivity contribution < 1.29 is 22.9 Å². The molecular weight excluding hydrogens is 520 g/mol. The third-order valence-electron chi connectivity index (χ3n) is 6.17. The Balaban J connectivity index is 1.62. The van der Waals surface area contributed by atoms with E-state index in [2.05, 4.69) is 10.3 Å². The number of anilines is 1. The van der Waals surface area contributed by atoms with Gasteiger partial charge < -0.3 is 10.2 Å². The SMILES string of the molecule is O=C(NCc1ccccn1)c1ccc(N2CCC(c3cc(Cl)cc(Cl)c3)(C(F)(F)F)C2)cc1[N+](=O)[O-]. The Labute approximate surface area is 214 Å². The van der Waals surface area contributed by atoms with Crippen molar-refractivity contribution in [3.8, 4) is 0 Å². The van der Waals surface area contributed by atoms with Crippen molar-refractivity contribution in [2.75, 3.05) is 18.0 Å². The van der Waals surface area contributed by atoms with Crippen LogP contribution >= 0.6 is 23.2 Å². The summed E-state index contributed by atoms with van der Waals surface area (Å²) < 4.78 is 43.1. The summed E-state index contributed by atoms with van der Waals surface area (Å²) in [4.78, 5) is 29.1. The lowest BCUT2D eigenvalue weighted by Crippen LogP contribution is -2.44. The van der Waals surface area contributed by atoms with Crippen LogP contribution in [0.5, 0.6) is 0 Å². The highest BCUT2D eigenvalue weighted by atomic mass is 35.5. The van der Waals surface area contributed by atoms with E-state index >= 15 is 0 Å². The number of hydrogen-bond acceptors (Lipinski definition) is 5. The van der Waals surface area contributed by atoms with E-state index in [-0.39, 0.29) is 46.4 Å². The molecule has 0 bridgehead atoms. The summed E-state index contributed by atoms with van der Waals surface area (Å²) in [5.41, 5.74) is -2.30. The summed E-state index contributed by atoms with van der Waals surface area (Å²) in [5.74, 6) is -0.696. The van der Waals surface area contributed by atoms with E-state index in [1.807, 2.05) is 0 Å². The summed E-state index contributed by atoms with van der Waals surface area (Å²) in [6, 6.07) is 12.7. The first-order valence-corrected chi connectivity index (χ1v) is 11.5. The highest BCUT2D eigenvalue weighted by Gasteiger charge is 2.59. The van der Waals surface area contributed by atoms with Crippen LogP contribution in [0.15, 0.2) is 60.8 Å². The molecule has 3 aromatic rings. The minimum atomic E-state index is -4.63. The molecule has 1 unspecified atom stereocenters. The molecule has 0 aliphatic carbocycles. The molecular formula is C24H19Cl2F3N4O3. The number of aromatic nitrogens is 1. The van der Waals surface area contributed by atoms with Crippen molar-refractivity contribution in [2.45, 2.75) is 24.6 Å². The lowest BCUT2D eigenvalue weighted by Gasteiger charge is -2.33. The number of hydrogen-bond donors (Lipinski definition) is 1. The van der Waals surface area contributed by atoms with E-state index in [4.69, 9.17) is 23.2 Å². The van der Waals surface area contributed by atoms with Crippen LogP contribution in [0, 0.1) is 10.1 Å². The van der Waals surface area contributed by atoms with Gasteiger partial charge in [-0.2, -0.15) is 13.2 Å². The summed E-state index contributed by atoms with van der Waals surface area (Å²) in [6.07, 6.45) is -3.38. The first-order valence-electron chi connectivity index (χ1n) is 10.7. The molecule has 188 valence electrons. The molecule has 1 fully saturated rings. The maximum absolute atomic E-state index is 14.4. The Morgan fingerprint density at radius 3 is 2.47 bits per heavy atom. The van der Waals surface area contributed by atoms with Gasteiger partial charge in [0.15, 0.2) is 0 Å². The molecule has 2 heterocycles. The smallest absolute Gasteiger partial charge is 0.370 e. The molecule has 0 radical (unpaired) electrons. The van der Waals surface area contributed by atoms with Crippen LogP contribution in [-0.4, -0.2) is 35.1 Å². The number of nitro groups is 1. The van der Waals surface area contributed by atoms with Crippen LogP contribution < -0.4 is 10.2 Å². The number of benzene rings is 2. The first-order chi connectivity index (χ1) is 17.0. The molecule has 7 nitrogen and oxygen atoms in total. The Bertz CT molecular complexity index is 1290.